The minimum atomic E-state index is -0.427. The quantitative estimate of drug-likeness (QED) is 0.598. The molecule has 0 radical (unpaired) electrons. The summed E-state index contributed by atoms with van der Waals surface area (Å²) in [5, 5.41) is 0.330. The van der Waals surface area contributed by atoms with Crippen molar-refractivity contribution >= 4 is 29.3 Å². The van der Waals surface area contributed by atoms with Crippen LogP contribution < -0.4 is 5.73 Å². The van der Waals surface area contributed by atoms with Gasteiger partial charge in [-0.05, 0) is 12.1 Å². The molecular formula is C7H7ClFNOS. The van der Waals surface area contributed by atoms with Gasteiger partial charge >= 0.3 is 0 Å². The minimum Gasteiger partial charge on any atom is -0.397 e. The molecule has 0 saturated carbocycles. The fraction of sp³-hybridized carbons (Fsp3) is 0.143. The maximum atomic E-state index is 13.0. The first-order valence-corrected chi connectivity index (χ1v) is 4.22. The summed E-state index contributed by atoms with van der Waals surface area (Å²) < 4.78 is 17.7. The van der Waals surface area contributed by atoms with Crippen LogP contribution in [0, 0.1) is 5.82 Å². The van der Waals surface area contributed by atoms with E-state index < -0.39 is 5.82 Å². The second kappa shape index (κ2) is 3.98. The van der Waals surface area contributed by atoms with E-state index in [9.17, 15) is 4.39 Å². The molecule has 0 aliphatic heterocycles. The highest BCUT2D eigenvalue weighted by Gasteiger charge is 2.06. The van der Waals surface area contributed by atoms with Gasteiger partial charge in [-0.2, -0.15) is 0 Å². The predicted octanol–water partition coefficient (Wildman–Crippen LogP) is 2.71. The third-order valence-corrected chi connectivity index (χ3v) is 2.21. The Morgan fingerprint density at radius 3 is 2.83 bits per heavy atom. The summed E-state index contributed by atoms with van der Waals surface area (Å²) in [6, 6.07) is 2.60. The van der Waals surface area contributed by atoms with E-state index >= 15 is 0 Å². The van der Waals surface area contributed by atoms with Crippen molar-refractivity contribution in [2.24, 2.45) is 0 Å². The van der Waals surface area contributed by atoms with E-state index in [4.69, 9.17) is 17.3 Å². The Kier molecular flexibility index (Phi) is 3.20. The van der Waals surface area contributed by atoms with Crippen molar-refractivity contribution in [3.8, 4) is 0 Å². The molecule has 1 aromatic rings. The number of nitrogens with two attached hydrogens (primary N) is 1. The molecule has 0 spiro atoms. The topological polar surface area (TPSA) is 35.2 Å². The van der Waals surface area contributed by atoms with Crippen LogP contribution in [0.5, 0.6) is 0 Å². The van der Waals surface area contributed by atoms with Crippen molar-refractivity contribution in [1.82, 2.24) is 0 Å². The van der Waals surface area contributed by atoms with E-state index in [1.807, 2.05) is 0 Å². The van der Waals surface area contributed by atoms with Gasteiger partial charge in [-0.1, -0.05) is 11.6 Å². The summed E-state index contributed by atoms with van der Waals surface area (Å²) in [6.07, 6.45) is 0. The van der Waals surface area contributed by atoms with Crippen LogP contribution in [0.25, 0.3) is 0 Å². The normalized spacial score (nSPS) is 10.2. The lowest BCUT2D eigenvalue weighted by Gasteiger charge is -2.02. The van der Waals surface area contributed by atoms with Gasteiger partial charge < -0.3 is 9.92 Å². The van der Waals surface area contributed by atoms with Gasteiger partial charge in [0.15, 0.2) is 0 Å². The largest absolute Gasteiger partial charge is 0.397 e. The summed E-state index contributed by atoms with van der Waals surface area (Å²) in [7, 11) is 1.45. The molecule has 0 atom stereocenters. The van der Waals surface area contributed by atoms with Gasteiger partial charge in [0.1, 0.15) is 5.82 Å². The van der Waals surface area contributed by atoms with Crippen molar-refractivity contribution in [3.63, 3.8) is 0 Å². The summed E-state index contributed by atoms with van der Waals surface area (Å²) in [5.41, 5.74) is 5.59. The fourth-order valence-corrected chi connectivity index (χ4v) is 1.41. The van der Waals surface area contributed by atoms with Gasteiger partial charge in [-0.3, -0.25) is 0 Å². The monoisotopic (exact) mass is 207 g/mol. The first kappa shape index (κ1) is 9.64. The van der Waals surface area contributed by atoms with Crippen LogP contribution in [0.4, 0.5) is 10.1 Å². The molecule has 12 heavy (non-hydrogen) atoms. The van der Waals surface area contributed by atoms with Gasteiger partial charge in [0.2, 0.25) is 0 Å². The lowest BCUT2D eigenvalue weighted by molar-refractivity contribution is 0.485. The number of hydrogen-bond acceptors (Lipinski definition) is 3. The zero-order chi connectivity index (χ0) is 9.14. The Morgan fingerprint density at radius 2 is 2.25 bits per heavy atom. The average molecular weight is 208 g/mol. The maximum absolute atomic E-state index is 13.0. The minimum absolute atomic E-state index is 0.231. The third kappa shape index (κ3) is 2.03. The summed E-state index contributed by atoms with van der Waals surface area (Å²) in [5.74, 6) is -0.427. The van der Waals surface area contributed by atoms with Gasteiger partial charge in [-0.25, -0.2) is 4.39 Å². The van der Waals surface area contributed by atoms with E-state index in [0.717, 1.165) is 12.0 Å². The van der Waals surface area contributed by atoms with Crippen LogP contribution in [-0.4, -0.2) is 7.11 Å². The zero-order valence-corrected chi connectivity index (χ0v) is 7.88. The van der Waals surface area contributed by atoms with E-state index in [2.05, 4.69) is 4.18 Å². The molecule has 2 N–H and O–H groups in total. The smallest absolute Gasteiger partial charge is 0.141 e. The molecule has 0 amide bonds. The number of halogens is 2. The van der Waals surface area contributed by atoms with E-state index in [0.29, 0.717) is 9.92 Å². The lowest BCUT2D eigenvalue weighted by atomic mass is 10.3. The SMILES string of the molecule is COSc1cc(Cl)c(N)cc1F. The Labute approximate surface area is 79.1 Å². The van der Waals surface area contributed by atoms with Crippen molar-refractivity contribution in [3.05, 3.63) is 23.0 Å². The zero-order valence-electron chi connectivity index (χ0n) is 6.30. The highest BCUT2D eigenvalue weighted by Crippen LogP contribution is 2.29. The first-order chi connectivity index (χ1) is 5.65. The van der Waals surface area contributed by atoms with Crippen LogP contribution in [0.3, 0.4) is 0 Å². The number of nitrogen functional groups attached to an aromatic ring is 1. The standard InChI is InChI=1S/C7H7ClFNOS/c1-11-12-7-2-4(8)6(10)3-5(7)9/h2-3H,10H2,1H3. The number of anilines is 1. The van der Waals surface area contributed by atoms with Crippen molar-refractivity contribution in [2.75, 3.05) is 12.8 Å². The molecule has 0 saturated heterocycles. The summed E-state index contributed by atoms with van der Waals surface area (Å²) in [4.78, 5) is 0.330. The Bertz CT molecular complexity index is 295. The summed E-state index contributed by atoms with van der Waals surface area (Å²) in [6.45, 7) is 0. The Hall–Kier alpha value is -0.450. The van der Waals surface area contributed by atoms with Gasteiger partial charge in [-0.15, -0.1) is 0 Å². The molecule has 2 nitrogen and oxygen atoms in total. The van der Waals surface area contributed by atoms with Crippen molar-refractivity contribution < 1.29 is 8.57 Å². The number of hydrogen-bond donors (Lipinski definition) is 1. The van der Waals surface area contributed by atoms with E-state index in [1.165, 1.54) is 19.2 Å². The van der Waals surface area contributed by atoms with E-state index in [-0.39, 0.29) is 5.69 Å². The maximum Gasteiger partial charge on any atom is 0.141 e. The molecule has 0 aliphatic carbocycles. The average Bonchev–Trinajstić information content (AvgIpc) is 2.01. The van der Waals surface area contributed by atoms with Gasteiger partial charge in [0.05, 0.1) is 22.7 Å². The second-order valence-corrected chi connectivity index (χ2v) is 3.40. The molecule has 0 heterocycles. The number of benzene rings is 1. The molecule has 1 aromatic carbocycles. The Morgan fingerprint density at radius 1 is 1.58 bits per heavy atom. The first-order valence-electron chi connectivity index (χ1n) is 3.10. The molecule has 0 unspecified atom stereocenters. The molecule has 1 rings (SSSR count). The molecular weight excluding hydrogens is 201 g/mol. The highest BCUT2D eigenvalue weighted by molar-refractivity contribution is 7.94. The van der Waals surface area contributed by atoms with Gasteiger partial charge in [0, 0.05) is 12.0 Å². The van der Waals surface area contributed by atoms with Gasteiger partial charge in [0.25, 0.3) is 0 Å². The molecule has 66 valence electrons. The highest BCUT2D eigenvalue weighted by atomic mass is 35.5. The lowest BCUT2D eigenvalue weighted by Crippen LogP contribution is -1.90. The van der Waals surface area contributed by atoms with Crippen molar-refractivity contribution in [1.29, 1.82) is 0 Å². The van der Waals surface area contributed by atoms with Crippen molar-refractivity contribution in [2.45, 2.75) is 4.90 Å². The summed E-state index contributed by atoms with van der Waals surface area (Å²) >= 11 is 6.57. The number of rotatable bonds is 2. The van der Waals surface area contributed by atoms with Crippen LogP contribution in [0.2, 0.25) is 5.02 Å². The van der Waals surface area contributed by atoms with Crippen LogP contribution >= 0.6 is 23.6 Å². The molecule has 0 aromatic heterocycles. The van der Waals surface area contributed by atoms with E-state index in [1.54, 1.807) is 0 Å². The molecule has 0 fully saturated rings. The predicted molar refractivity (Wildman–Crippen MR) is 48.7 cm³/mol. The molecule has 0 aliphatic rings. The van der Waals surface area contributed by atoms with Crippen LogP contribution in [0.1, 0.15) is 0 Å². The van der Waals surface area contributed by atoms with Crippen LogP contribution in [-0.2, 0) is 4.18 Å². The Balaban J connectivity index is 3.05. The second-order valence-electron chi connectivity index (χ2n) is 2.05. The molecule has 0 bridgehead atoms. The molecule has 5 heteroatoms. The van der Waals surface area contributed by atoms with Crippen LogP contribution in [0.15, 0.2) is 17.0 Å². The third-order valence-electron chi connectivity index (χ3n) is 1.22. The fourth-order valence-electron chi connectivity index (χ4n) is 0.698.